The Bertz CT molecular complexity index is 1980. The maximum atomic E-state index is 13.7. The molecule has 5 rings (SSSR count). The first-order valence-electron chi connectivity index (χ1n) is 14.9. The summed E-state index contributed by atoms with van der Waals surface area (Å²) in [6.45, 7) is 4.93. The van der Waals surface area contributed by atoms with Gasteiger partial charge in [0.2, 0.25) is 0 Å². The van der Waals surface area contributed by atoms with Gasteiger partial charge in [0.15, 0.2) is 17.4 Å². The van der Waals surface area contributed by atoms with Gasteiger partial charge in [-0.3, -0.25) is 14.3 Å². The van der Waals surface area contributed by atoms with Crippen LogP contribution >= 0.6 is 0 Å². The summed E-state index contributed by atoms with van der Waals surface area (Å²) >= 11 is 0. The number of hydrogen-bond acceptors (Lipinski definition) is 5. The lowest BCUT2D eigenvalue weighted by molar-refractivity contribution is 0.0982. The monoisotopic (exact) mass is 607 g/mol. The van der Waals surface area contributed by atoms with Gasteiger partial charge < -0.3 is 4.90 Å². The Morgan fingerprint density at radius 3 is 2.38 bits per heavy atom. The van der Waals surface area contributed by atoms with Crippen molar-refractivity contribution in [2.75, 3.05) is 14.1 Å². The zero-order valence-corrected chi connectivity index (χ0v) is 25.9. The second-order valence-electron chi connectivity index (χ2n) is 11.3. The van der Waals surface area contributed by atoms with Gasteiger partial charge in [0, 0.05) is 55.2 Å². The van der Waals surface area contributed by atoms with E-state index in [0.29, 0.717) is 24.2 Å². The van der Waals surface area contributed by atoms with E-state index < -0.39 is 17.2 Å². The highest BCUT2D eigenvalue weighted by molar-refractivity contribution is 5.97. The van der Waals surface area contributed by atoms with Crippen LogP contribution in [0.25, 0.3) is 10.9 Å². The smallest absolute Gasteiger partial charge is 0.278 e. The fraction of sp³-hybridized carbons (Fsp3) is 0.278. The van der Waals surface area contributed by atoms with Gasteiger partial charge in [-0.1, -0.05) is 42.2 Å². The van der Waals surface area contributed by atoms with Crippen molar-refractivity contribution in [3.63, 3.8) is 0 Å². The van der Waals surface area contributed by atoms with E-state index in [1.54, 1.807) is 17.8 Å². The summed E-state index contributed by atoms with van der Waals surface area (Å²) in [6, 6.07) is 17.7. The van der Waals surface area contributed by atoms with Crippen LogP contribution in [-0.4, -0.2) is 44.1 Å². The molecule has 9 heteroatoms. The standard InChI is InChI=1S/C36H35F2N5O2/c1-5-42-24(2)35(36(45)43(42)23-28-14-16-30(37)31(38)19-28)33(44)9-7-6-8-25-15-17-32-29(18-25)21-39-34(40-32)20-26-10-12-27(13-11-26)22-41(3)4/h10-19,21H,5,7,9,20,22-23H2,1-4H3. The molecule has 0 aliphatic carbocycles. The molecule has 0 saturated heterocycles. The van der Waals surface area contributed by atoms with E-state index in [1.165, 1.54) is 16.3 Å². The predicted molar refractivity (Wildman–Crippen MR) is 171 cm³/mol. The number of Topliss-reactive ketones (excluding diaryl/α,β-unsaturated/α-hetero) is 1. The number of ketones is 1. The average Bonchev–Trinajstić information content (AvgIpc) is 3.25. The Balaban J connectivity index is 1.23. The first kappa shape index (κ1) is 31.5. The number of benzene rings is 3. The highest BCUT2D eigenvalue weighted by atomic mass is 19.2. The molecule has 0 saturated carbocycles. The number of nitrogens with zero attached hydrogens (tertiary/aromatic N) is 5. The lowest BCUT2D eigenvalue weighted by atomic mass is 10.1. The predicted octanol–water partition coefficient (Wildman–Crippen LogP) is 5.91. The Morgan fingerprint density at radius 2 is 1.67 bits per heavy atom. The van der Waals surface area contributed by atoms with E-state index in [-0.39, 0.29) is 30.7 Å². The van der Waals surface area contributed by atoms with Crippen LogP contribution in [0.15, 0.2) is 71.7 Å². The van der Waals surface area contributed by atoms with E-state index in [9.17, 15) is 18.4 Å². The topological polar surface area (TPSA) is 73.0 Å². The van der Waals surface area contributed by atoms with Crippen LogP contribution in [0.2, 0.25) is 0 Å². The molecule has 0 spiro atoms. The summed E-state index contributed by atoms with van der Waals surface area (Å²) in [6.07, 6.45) is 2.81. The minimum Gasteiger partial charge on any atom is -0.305 e. The Labute approximate surface area is 261 Å². The number of carbonyl (C=O) groups is 1. The van der Waals surface area contributed by atoms with Gasteiger partial charge >= 0.3 is 0 Å². The normalized spacial score (nSPS) is 11.2. The van der Waals surface area contributed by atoms with Crippen molar-refractivity contribution in [3.8, 4) is 11.8 Å². The van der Waals surface area contributed by atoms with E-state index in [1.807, 2.05) is 39.2 Å². The van der Waals surface area contributed by atoms with E-state index in [0.717, 1.165) is 46.5 Å². The molecule has 0 aliphatic rings. The fourth-order valence-electron chi connectivity index (χ4n) is 5.41. The van der Waals surface area contributed by atoms with Crippen molar-refractivity contribution in [2.24, 2.45) is 0 Å². The number of hydrogen-bond donors (Lipinski definition) is 0. The molecule has 0 unspecified atom stereocenters. The van der Waals surface area contributed by atoms with Crippen LogP contribution in [-0.2, 0) is 26.1 Å². The number of carbonyl (C=O) groups excluding carboxylic acids is 1. The second-order valence-corrected chi connectivity index (χ2v) is 11.3. The quantitative estimate of drug-likeness (QED) is 0.146. The number of halogens is 2. The van der Waals surface area contributed by atoms with Crippen molar-refractivity contribution < 1.29 is 13.6 Å². The van der Waals surface area contributed by atoms with Crippen molar-refractivity contribution in [3.05, 3.63) is 128 Å². The summed E-state index contributed by atoms with van der Waals surface area (Å²) in [7, 11) is 4.10. The van der Waals surface area contributed by atoms with Crippen LogP contribution < -0.4 is 5.56 Å². The third kappa shape index (κ3) is 7.41. The molecule has 2 heterocycles. The molecule has 2 aromatic heterocycles. The van der Waals surface area contributed by atoms with Gasteiger partial charge in [-0.2, -0.15) is 0 Å². The number of rotatable bonds is 10. The van der Waals surface area contributed by atoms with Crippen molar-refractivity contribution >= 4 is 16.7 Å². The van der Waals surface area contributed by atoms with Crippen LogP contribution in [0.3, 0.4) is 0 Å². The summed E-state index contributed by atoms with van der Waals surface area (Å²) in [5.74, 6) is 4.65. The van der Waals surface area contributed by atoms with E-state index in [4.69, 9.17) is 4.98 Å². The van der Waals surface area contributed by atoms with Crippen LogP contribution in [0.5, 0.6) is 0 Å². The van der Waals surface area contributed by atoms with Gasteiger partial charge in [-0.05, 0) is 75.0 Å². The van der Waals surface area contributed by atoms with Gasteiger partial charge in [0.1, 0.15) is 11.4 Å². The van der Waals surface area contributed by atoms with Gasteiger partial charge in [0.25, 0.3) is 5.56 Å². The first-order chi connectivity index (χ1) is 21.6. The second kappa shape index (κ2) is 13.8. The maximum absolute atomic E-state index is 13.7. The Kier molecular flexibility index (Phi) is 9.65. The Morgan fingerprint density at radius 1 is 0.933 bits per heavy atom. The molecule has 7 nitrogen and oxygen atoms in total. The molecule has 0 radical (unpaired) electrons. The van der Waals surface area contributed by atoms with Gasteiger partial charge in [-0.15, -0.1) is 0 Å². The largest absolute Gasteiger partial charge is 0.305 e. The lowest BCUT2D eigenvalue weighted by Gasteiger charge is -2.11. The van der Waals surface area contributed by atoms with Crippen LogP contribution in [0.1, 0.15) is 63.9 Å². The number of aromatic nitrogens is 4. The fourth-order valence-corrected chi connectivity index (χ4v) is 5.41. The zero-order valence-electron chi connectivity index (χ0n) is 25.9. The first-order valence-corrected chi connectivity index (χ1v) is 14.9. The minimum absolute atomic E-state index is 0.0229. The van der Waals surface area contributed by atoms with Crippen molar-refractivity contribution in [1.82, 2.24) is 24.2 Å². The molecule has 0 N–H and O–H groups in total. The maximum Gasteiger partial charge on any atom is 0.278 e. The summed E-state index contributed by atoms with van der Waals surface area (Å²) in [4.78, 5) is 37.7. The zero-order chi connectivity index (χ0) is 32.1. The van der Waals surface area contributed by atoms with Crippen LogP contribution in [0.4, 0.5) is 8.78 Å². The minimum atomic E-state index is -0.983. The molecule has 0 amide bonds. The molecular formula is C36H35F2N5O2. The summed E-state index contributed by atoms with van der Waals surface area (Å²) in [5, 5.41) is 0.876. The van der Waals surface area contributed by atoms with Gasteiger partial charge in [0.05, 0.1) is 12.1 Å². The summed E-state index contributed by atoms with van der Waals surface area (Å²) in [5.41, 5.74) is 4.64. The molecule has 230 valence electrons. The molecule has 0 atom stereocenters. The lowest BCUT2D eigenvalue weighted by Crippen LogP contribution is -2.25. The third-order valence-electron chi connectivity index (χ3n) is 7.61. The van der Waals surface area contributed by atoms with Gasteiger partial charge in [-0.25, -0.2) is 23.4 Å². The number of fused-ring (bicyclic) bond motifs is 1. The average molecular weight is 608 g/mol. The SMILES string of the molecule is CCn1c(C)c(C(=O)CCC#Cc2ccc3nc(Cc4ccc(CN(C)C)cc4)ncc3c2)c(=O)n1Cc1ccc(F)c(F)c1. The Hall–Kier alpha value is -4.94. The third-order valence-corrected chi connectivity index (χ3v) is 7.61. The van der Waals surface area contributed by atoms with Crippen molar-refractivity contribution in [1.29, 1.82) is 0 Å². The molecule has 0 bridgehead atoms. The molecular weight excluding hydrogens is 572 g/mol. The van der Waals surface area contributed by atoms with Crippen LogP contribution in [0, 0.1) is 30.4 Å². The molecule has 0 fully saturated rings. The summed E-state index contributed by atoms with van der Waals surface area (Å²) < 4.78 is 30.2. The molecule has 45 heavy (non-hydrogen) atoms. The highest BCUT2D eigenvalue weighted by Crippen LogP contribution is 2.17. The van der Waals surface area contributed by atoms with E-state index >= 15 is 0 Å². The molecule has 5 aromatic rings. The van der Waals surface area contributed by atoms with E-state index in [2.05, 4.69) is 46.0 Å². The highest BCUT2D eigenvalue weighted by Gasteiger charge is 2.22. The molecule has 3 aromatic carbocycles. The molecule has 0 aliphatic heterocycles. The van der Waals surface area contributed by atoms with Crippen molar-refractivity contribution in [2.45, 2.75) is 52.7 Å².